The molecule has 0 radical (unpaired) electrons. The first-order chi connectivity index (χ1) is 3.50. The molecule has 0 aromatic heterocycles. The van der Waals surface area contributed by atoms with Crippen molar-refractivity contribution in [3.63, 3.8) is 0 Å². The first-order valence-corrected chi connectivity index (χ1v) is 3.17. The van der Waals surface area contributed by atoms with Gasteiger partial charge < -0.3 is 11.6 Å². The Balaban J connectivity index is -0.0000000365. The Labute approximate surface area is 82.2 Å². The Morgan fingerprint density at radius 3 is 1.40 bits per heavy atom. The maximum atomic E-state index is 8.74. The summed E-state index contributed by atoms with van der Waals surface area (Å²) in [5, 5.41) is 0. The molecule has 0 aromatic rings. The number of hydrogen-bond donors (Lipinski definition) is 2. The molecule has 1 heterocycles. The largest absolute Gasteiger partial charge is 1.00 e. The van der Waals surface area contributed by atoms with E-state index < -0.39 is 10.4 Å². The Morgan fingerprint density at radius 2 is 1.40 bits per heavy atom. The molecule has 60 valence electrons. The Morgan fingerprint density at radius 1 is 1.30 bits per heavy atom. The van der Waals surface area contributed by atoms with Crippen molar-refractivity contribution in [1.29, 1.82) is 0 Å². The second kappa shape index (κ2) is 7.89. The zero-order valence-electron chi connectivity index (χ0n) is 6.44. The molecule has 8 heteroatoms. The first kappa shape index (κ1) is 17.0. The Bertz CT molecular complexity index is 132. The van der Waals surface area contributed by atoms with Gasteiger partial charge in [0.15, 0.2) is 0 Å². The van der Waals surface area contributed by atoms with Gasteiger partial charge in [-0.25, -0.2) is 0 Å². The zero-order valence-corrected chi connectivity index (χ0v) is 8.26. The molecule has 1 rings (SSSR count). The van der Waals surface area contributed by atoms with Crippen molar-refractivity contribution in [3.8, 4) is 0 Å². The molecular weight excluding hydrogens is 175 g/mol. The molecule has 0 unspecified atom stereocenters. The standard InChI is InChI=1S/C2H4O.Na.H2O4S.H2O.H/c1-2-3-1;;1-5(2,3)4;;/h1-2H2;;(H2,1,2,3,4);1H2;/q;+1;;;-1. The van der Waals surface area contributed by atoms with Crippen molar-refractivity contribution in [2.45, 2.75) is 0 Å². The van der Waals surface area contributed by atoms with Crippen LogP contribution in [0.1, 0.15) is 1.43 Å². The van der Waals surface area contributed by atoms with Crippen LogP contribution < -0.4 is 29.6 Å². The monoisotopic (exact) mass is 184 g/mol. The van der Waals surface area contributed by atoms with Gasteiger partial charge in [0.25, 0.3) is 0 Å². The van der Waals surface area contributed by atoms with Crippen LogP contribution in [0, 0.1) is 0 Å². The smallest absolute Gasteiger partial charge is 1.00 e. The van der Waals surface area contributed by atoms with Gasteiger partial charge in [0.05, 0.1) is 13.2 Å². The molecule has 1 fully saturated rings. The molecule has 1 aliphatic heterocycles. The molecule has 10 heavy (non-hydrogen) atoms. The third kappa shape index (κ3) is 166. The molecule has 0 saturated carbocycles. The van der Waals surface area contributed by atoms with Gasteiger partial charge in [-0.05, 0) is 0 Å². The molecule has 1 aliphatic rings. The van der Waals surface area contributed by atoms with E-state index in [1.807, 2.05) is 0 Å². The maximum absolute atomic E-state index is 8.74. The predicted octanol–water partition coefficient (Wildman–Crippen LogP) is -4.34. The summed E-state index contributed by atoms with van der Waals surface area (Å²) in [5.74, 6) is 0. The van der Waals surface area contributed by atoms with Gasteiger partial charge >= 0.3 is 40.0 Å². The fourth-order valence-corrected chi connectivity index (χ4v) is 0. The van der Waals surface area contributed by atoms with Crippen LogP contribution in [0.4, 0.5) is 0 Å². The van der Waals surface area contributed by atoms with E-state index in [1.165, 1.54) is 0 Å². The third-order valence-corrected chi connectivity index (χ3v) is 0.204. The van der Waals surface area contributed by atoms with Crippen molar-refractivity contribution in [3.05, 3.63) is 0 Å². The van der Waals surface area contributed by atoms with Gasteiger partial charge in [-0.15, -0.1) is 0 Å². The Hall–Kier alpha value is 0.790. The first-order valence-electron chi connectivity index (χ1n) is 1.78. The molecular formula is C2H9NaO6S. The molecule has 0 spiro atoms. The second-order valence-corrected chi connectivity index (χ2v) is 1.96. The predicted molar refractivity (Wildman–Crippen MR) is 29.7 cm³/mol. The van der Waals surface area contributed by atoms with Crippen molar-refractivity contribution >= 4 is 10.4 Å². The minimum absolute atomic E-state index is 0. The van der Waals surface area contributed by atoms with Gasteiger partial charge in [0, 0.05) is 0 Å². The maximum Gasteiger partial charge on any atom is 1.00 e. The summed E-state index contributed by atoms with van der Waals surface area (Å²) in [6.45, 7) is 2.00. The summed E-state index contributed by atoms with van der Waals surface area (Å²) in [5.41, 5.74) is 0. The van der Waals surface area contributed by atoms with E-state index in [4.69, 9.17) is 17.5 Å². The van der Waals surface area contributed by atoms with E-state index in [-0.39, 0.29) is 36.5 Å². The molecule has 1 saturated heterocycles. The zero-order chi connectivity index (χ0) is 6.62. The van der Waals surface area contributed by atoms with E-state index in [9.17, 15) is 0 Å². The van der Waals surface area contributed by atoms with Crippen molar-refractivity contribution in [1.82, 2.24) is 0 Å². The topological polar surface area (TPSA) is 119 Å². The van der Waals surface area contributed by atoms with Crippen molar-refractivity contribution in [2.75, 3.05) is 13.2 Å². The minimum atomic E-state index is -4.67. The molecule has 0 atom stereocenters. The van der Waals surface area contributed by atoms with Crippen LogP contribution in [0.5, 0.6) is 0 Å². The summed E-state index contributed by atoms with van der Waals surface area (Å²) < 4.78 is 36.1. The second-order valence-electron chi connectivity index (χ2n) is 1.06. The quantitative estimate of drug-likeness (QED) is 0.224. The van der Waals surface area contributed by atoms with Crippen molar-refractivity contribution in [2.24, 2.45) is 0 Å². The van der Waals surface area contributed by atoms with Crippen LogP contribution in [-0.4, -0.2) is 36.2 Å². The minimum Gasteiger partial charge on any atom is -1.00 e. The molecule has 0 amide bonds. The molecule has 0 bridgehead atoms. The van der Waals surface area contributed by atoms with Gasteiger partial charge in [-0.1, -0.05) is 0 Å². The van der Waals surface area contributed by atoms with E-state index in [2.05, 4.69) is 4.74 Å². The SMILES string of the molecule is C1CO1.O.O=S(=O)(O)O.[H-].[Na+]. The van der Waals surface area contributed by atoms with Crippen LogP contribution in [0.15, 0.2) is 0 Å². The number of hydrogen-bond acceptors (Lipinski definition) is 3. The van der Waals surface area contributed by atoms with E-state index in [0.717, 1.165) is 13.2 Å². The molecule has 0 aliphatic carbocycles. The summed E-state index contributed by atoms with van der Waals surface area (Å²) in [7, 11) is -4.67. The van der Waals surface area contributed by atoms with E-state index in [0.29, 0.717) is 0 Å². The number of epoxide rings is 1. The average molecular weight is 184 g/mol. The van der Waals surface area contributed by atoms with E-state index >= 15 is 0 Å². The fraction of sp³-hybridized carbons (Fsp3) is 1.00. The summed E-state index contributed by atoms with van der Waals surface area (Å²) in [4.78, 5) is 0. The summed E-state index contributed by atoms with van der Waals surface area (Å²) in [6.07, 6.45) is 0. The van der Waals surface area contributed by atoms with Crippen LogP contribution in [0.2, 0.25) is 0 Å². The molecule has 4 N–H and O–H groups in total. The number of ether oxygens (including phenoxy) is 1. The van der Waals surface area contributed by atoms with Crippen LogP contribution in [0.3, 0.4) is 0 Å². The summed E-state index contributed by atoms with van der Waals surface area (Å²) >= 11 is 0. The summed E-state index contributed by atoms with van der Waals surface area (Å²) in [6, 6.07) is 0. The van der Waals surface area contributed by atoms with Gasteiger partial charge in [0.1, 0.15) is 0 Å². The number of rotatable bonds is 0. The normalized spacial score (nSPS) is 13.0. The van der Waals surface area contributed by atoms with Gasteiger partial charge in [0.2, 0.25) is 0 Å². The molecule has 0 aromatic carbocycles. The van der Waals surface area contributed by atoms with Crippen molar-refractivity contribution < 1.29 is 58.7 Å². The van der Waals surface area contributed by atoms with E-state index in [1.54, 1.807) is 0 Å². The van der Waals surface area contributed by atoms with Gasteiger partial charge in [-0.2, -0.15) is 8.42 Å². The van der Waals surface area contributed by atoms with Crippen LogP contribution >= 0.6 is 0 Å². The Kier molecular flexibility index (Phi) is 13.4. The van der Waals surface area contributed by atoms with Crippen LogP contribution in [-0.2, 0) is 15.1 Å². The third-order valence-electron chi connectivity index (χ3n) is 0.204. The van der Waals surface area contributed by atoms with Gasteiger partial charge in [-0.3, -0.25) is 9.11 Å². The average Bonchev–Trinajstić information content (AvgIpc) is 1.95. The molecule has 6 nitrogen and oxygen atoms in total. The fourth-order valence-electron chi connectivity index (χ4n) is 0. The van der Waals surface area contributed by atoms with Crippen LogP contribution in [0.25, 0.3) is 0 Å².